The van der Waals surface area contributed by atoms with Crippen molar-refractivity contribution >= 4 is 23.2 Å². The van der Waals surface area contributed by atoms with Crippen LogP contribution < -0.4 is 10.6 Å². The van der Waals surface area contributed by atoms with E-state index >= 15 is 0 Å². The first kappa shape index (κ1) is 14.0. The number of nitrogen functional groups attached to an aromatic ring is 1. The monoisotopic (exact) mass is 322 g/mol. The van der Waals surface area contributed by atoms with Crippen LogP contribution in [0, 0.1) is 0 Å². The fourth-order valence-corrected chi connectivity index (χ4v) is 3.27. The van der Waals surface area contributed by atoms with Crippen molar-refractivity contribution in [3.8, 4) is 11.1 Å². The SMILES string of the molecule is Nc1ncnc(N2Cc3ccccc3-c3ccccc3C2)c1Cl. The predicted molar refractivity (Wildman–Crippen MR) is 93.2 cm³/mol. The van der Waals surface area contributed by atoms with Gasteiger partial charge >= 0.3 is 0 Å². The molecule has 114 valence electrons. The van der Waals surface area contributed by atoms with Gasteiger partial charge in [-0.2, -0.15) is 0 Å². The van der Waals surface area contributed by atoms with Crippen LogP contribution in [0.15, 0.2) is 54.9 Å². The normalized spacial score (nSPS) is 13.2. The van der Waals surface area contributed by atoms with Crippen LogP contribution in [0.5, 0.6) is 0 Å². The summed E-state index contributed by atoms with van der Waals surface area (Å²) in [7, 11) is 0. The molecule has 0 saturated heterocycles. The van der Waals surface area contributed by atoms with Crippen molar-refractivity contribution in [3.63, 3.8) is 0 Å². The number of benzene rings is 2. The van der Waals surface area contributed by atoms with Gasteiger partial charge in [-0.25, -0.2) is 9.97 Å². The molecule has 4 nitrogen and oxygen atoms in total. The highest BCUT2D eigenvalue weighted by Crippen LogP contribution is 2.36. The Morgan fingerprint density at radius 1 is 0.870 bits per heavy atom. The van der Waals surface area contributed by atoms with E-state index in [4.69, 9.17) is 17.3 Å². The molecule has 1 aliphatic heterocycles. The fraction of sp³-hybridized carbons (Fsp3) is 0.111. The van der Waals surface area contributed by atoms with Crippen LogP contribution in [0.25, 0.3) is 11.1 Å². The first-order valence-corrected chi connectivity index (χ1v) is 7.79. The van der Waals surface area contributed by atoms with Crippen LogP contribution in [0.2, 0.25) is 5.02 Å². The number of nitrogens with zero attached hydrogens (tertiary/aromatic N) is 3. The summed E-state index contributed by atoms with van der Waals surface area (Å²) in [6.45, 7) is 1.45. The molecule has 2 aromatic carbocycles. The topological polar surface area (TPSA) is 55.0 Å². The van der Waals surface area contributed by atoms with Gasteiger partial charge in [-0.05, 0) is 22.3 Å². The maximum absolute atomic E-state index is 6.34. The molecular weight excluding hydrogens is 308 g/mol. The minimum atomic E-state index is 0.308. The van der Waals surface area contributed by atoms with Gasteiger partial charge in [0.2, 0.25) is 0 Å². The summed E-state index contributed by atoms with van der Waals surface area (Å²) >= 11 is 6.34. The number of nitrogens with two attached hydrogens (primary N) is 1. The van der Waals surface area contributed by atoms with Gasteiger partial charge in [-0.1, -0.05) is 60.1 Å². The molecule has 0 unspecified atom stereocenters. The minimum Gasteiger partial charge on any atom is -0.382 e. The second-order valence-corrected chi connectivity index (χ2v) is 5.94. The summed E-state index contributed by atoms with van der Waals surface area (Å²) in [6, 6.07) is 16.9. The second kappa shape index (κ2) is 5.56. The van der Waals surface area contributed by atoms with Crippen molar-refractivity contribution in [3.05, 3.63) is 71.0 Å². The molecule has 0 fully saturated rings. The summed E-state index contributed by atoms with van der Waals surface area (Å²) in [5.74, 6) is 0.980. The van der Waals surface area contributed by atoms with Crippen molar-refractivity contribution in [1.82, 2.24) is 9.97 Å². The second-order valence-electron chi connectivity index (χ2n) is 5.57. The summed E-state index contributed by atoms with van der Waals surface area (Å²) in [5, 5.41) is 0.407. The lowest BCUT2D eigenvalue weighted by Crippen LogP contribution is -2.23. The Kier molecular flexibility index (Phi) is 3.39. The van der Waals surface area contributed by atoms with Crippen LogP contribution in [0.3, 0.4) is 0 Å². The Balaban J connectivity index is 1.89. The van der Waals surface area contributed by atoms with Gasteiger partial charge in [-0.3, -0.25) is 0 Å². The molecule has 0 spiro atoms. The molecule has 0 saturated carbocycles. The minimum absolute atomic E-state index is 0.308. The van der Waals surface area contributed by atoms with Crippen LogP contribution >= 0.6 is 11.6 Å². The number of fused-ring (bicyclic) bond motifs is 3. The lowest BCUT2D eigenvalue weighted by Gasteiger charge is -2.23. The standard InChI is InChI=1S/C18H15ClN4/c19-16-17(20)21-11-22-18(16)23-9-12-5-1-3-7-14(12)15-8-4-2-6-13(15)10-23/h1-8,11H,9-10H2,(H2,20,21,22). The lowest BCUT2D eigenvalue weighted by atomic mass is 9.97. The van der Waals surface area contributed by atoms with Crippen LogP contribution in [0.4, 0.5) is 11.6 Å². The smallest absolute Gasteiger partial charge is 0.153 e. The zero-order chi connectivity index (χ0) is 15.8. The van der Waals surface area contributed by atoms with E-state index < -0.39 is 0 Å². The number of halogens is 1. The van der Waals surface area contributed by atoms with Crippen molar-refractivity contribution in [2.24, 2.45) is 0 Å². The number of anilines is 2. The van der Waals surface area contributed by atoms with E-state index in [0.29, 0.717) is 16.7 Å². The molecule has 0 aliphatic carbocycles. The van der Waals surface area contributed by atoms with Gasteiger partial charge in [-0.15, -0.1) is 0 Å². The van der Waals surface area contributed by atoms with E-state index in [9.17, 15) is 0 Å². The molecule has 0 bridgehead atoms. The van der Waals surface area contributed by atoms with Gasteiger partial charge in [0.25, 0.3) is 0 Å². The summed E-state index contributed by atoms with van der Waals surface area (Å²) in [4.78, 5) is 10.5. The number of rotatable bonds is 1. The molecule has 2 N–H and O–H groups in total. The maximum Gasteiger partial charge on any atom is 0.153 e. The molecule has 23 heavy (non-hydrogen) atoms. The number of aromatic nitrogens is 2. The van der Waals surface area contributed by atoms with E-state index in [1.165, 1.54) is 28.6 Å². The van der Waals surface area contributed by atoms with Crippen LogP contribution in [0.1, 0.15) is 11.1 Å². The summed E-state index contributed by atoms with van der Waals surface area (Å²) in [6.07, 6.45) is 1.46. The molecule has 1 aliphatic rings. The average molecular weight is 323 g/mol. The largest absolute Gasteiger partial charge is 0.382 e. The fourth-order valence-electron chi connectivity index (χ4n) is 3.05. The molecule has 0 amide bonds. The van der Waals surface area contributed by atoms with E-state index in [2.05, 4.69) is 63.4 Å². The van der Waals surface area contributed by atoms with E-state index in [1.54, 1.807) is 0 Å². The lowest BCUT2D eigenvalue weighted by molar-refractivity contribution is 0.792. The highest BCUT2D eigenvalue weighted by Gasteiger charge is 2.22. The van der Waals surface area contributed by atoms with Crippen LogP contribution in [-0.2, 0) is 13.1 Å². The van der Waals surface area contributed by atoms with Crippen molar-refractivity contribution < 1.29 is 0 Å². The first-order chi connectivity index (χ1) is 11.2. The first-order valence-electron chi connectivity index (χ1n) is 7.41. The predicted octanol–water partition coefficient (Wildman–Crippen LogP) is 3.90. The Bertz CT molecular complexity index is 831. The third kappa shape index (κ3) is 2.41. The van der Waals surface area contributed by atoms with Crippen molar-refractivity contribution in [2.75, 3.05) is 10.6 Å². The molecule has 4 rings (SSSR count). The van der Waals surface area contributed by atoms with E-state index in [1.807, 2.05) is 0 Å². The van der Waals surface area contributed by atoms with Crippen molar-refractivity contribution in [1.29, 1.82) is 0 Å². The van der Waals surface area contributed by atoms with Crippen molar-refractivity contribution in [2.45, 2.75) is 13.1 Å². The summed E-state index contributed by atoms with van der Waals surface area (Å²) in [5.41, 5.74) is 10.8. The van der Waals surface area contributed by atoms with E-state index in [-0.39, 0.29) is 0 Å². The molecule has 0 radical (unpaired) electrons. The van der Waals surface area contributed by atoms with Gasteiger partial charge < -0.3 is 10.6 Å². The Hall–Kier alpha value is -2.59. The molecule has 3 aromatic rings. The zero-order valence-electron chi connectivity index (χ0n) is 12.4. The third-order valence-corrected chi connectivity index (χ3v) is 4.51. The maximum atomic E-state index is 6.34. The molecule has 5 heteroatoms. The van der Waals surface area contributed by atoms with Crippen LogP contribution in [-0.4, -0.2) is 9.97 Å². The van der Waals surface area contributed by atoms with Gasteiger partial charge in [0, 0.05) is 13.1 Å². The van der Waals surface area contributed by atoms with Gasteiger partial charge in [0.05, 0.1) is 0 Å². The zero-order valence-corrected chi connectivity index (χ0v) is 13.2. The Morgan fingerprint density at radius 3 is 2.04 bits per heavy atom. The van der Waals surface area contributed by atoms with E-state index in [0.717, 1.165) is 13.1 Å². The number of hydrogen-bond donors (Lipinski definition) is 1. The Morgan fingerprint density at radius 2 is 1.43 bits per heavy atom. The summed E-state index contributed by atoms with van der Waals surface area (Å²) < 4.78 is 0. The molecule has 2 heterocycles. The molecule has 1 aromatic heterocycles. The highest BCUT2D eigenvalue weighted by molar-refractivity contribution is 6.35. The average Bonchev–Trinajstić information content (AvgIpc) is 2.74. The van der Waals surface area contributed by atoms with Gasteiger partial charge in [0.1, 0.15) is 17.2 Å². The number of hydrogen-bond acceptors (Lipinski definition) is 4. The molecular formula is C18H15ClN4. The van der Waals surface area contributed by atoms with Gasteiger partial charge in [0.15, 0.2) is 5.82 Å². The quantitative estimate of drug-likeness (QED) is 0.738. The Labute approximate surface area is 139 Å². The third-order valence-electron chi connectivity index (χ3n) is 4.14. The molecule has 0 atom stereocenters. The highest BCUT2D eigenvalue weighted by atomic mass is 35.5.